The highest BCUT2D eigenvalue weighted by Gasteiger charge is 2.23. The summed E-state index contributed by atoms with van der Waals surface area (Å²) in [6, 6.07) is 2.15. The highest BCUT2D eigenvalue weighted by atomic mass is 35.5. The van der Waals surface area contributed by atoms with Crippen molar-refractivity contribution < 1.29 is 0 Å². The number of anilines is 1. The smallest absolute Gasteiger partial charge is 0.131 e. The number of hydrogen-bond acceptors (Lipinski definition) is 2. The fraction of sp³-hybridized carbons (Fsp3) is 0.643. The molecule has 0 radical (unpaired) electrons. The third-order valence-corrected chi connectivity index (χ3v) is 3.74. The Morgan fingerprint density at radius 3 is 2.53 bits per heavy atom. The maximum absolute atomic E-state index is 5.83. The first-order valence-corrected chi connectivity index (χ1v) is 6.90. The van der Waals surface area contributed by atoms with Crippen molar-refractivity contribution in [3.05, 3.63) is 23.4 Å². The molecule has 1 fully saturated rings. The second-order valence-electron chi connectivity index (χ2n) is 5.47. The molecule has 17 heavy (non-hydrogen) atoms. The minimum atomic E-state index is 0.543. The van der Waals surface area contributed by atoms with Crippen molar-refractivity contribution in [1.29, 1.82) is 0 Å². The van der Waals surface area contributed by atoms with Crippen LogP contribution in [0.4, 0.5) is 5.82 Å². The van der Waals surface area contributed by atoms with Gasteiger partial charge < -0.3 is 4.90 Å². The van der Waals surface area contributed by atoms with E-state index in [1.807, 2.05) is 6.20 Å². The first-order chi connectivity index (χ1) is 8.10. The van der Waals surface area contributed by atoms with E-state index < -0.39 is 0 Å². The minimum absolute atomic E-state index is 0.543. The third-order valence-electron chi connectivity index (χ3n) is 3.43. The Morgan fingerprint density at radius 2 is 2.00 bits per heavy atom. The lowest BCUT2D eigenvalue weighted by Gasteiger charge is -2.36. The Bertz CT molecular complexity index is 382. The summed E-state index contributed by atoms with van der Waals surface area (Å²) < 4.78 is 0. The zero-order chi connectivity index (χ0) is 12.4. The molecule has 0 N–H and O–H groups in total. The highest BCUT2D eigenvalue weighted by molar-refractivity contribution is 6.17. The molecule has 1 saturated heterocycles. The summed E-state index contributed by atoms with van der Waals surface area (Å²) >= 11 is 5.83. The lowest BCUT2D eigenvalue weighted by Crippen LogP contribution is -2.39. The van der Waals surface area contributed by atoms with Crippen LogP contribution in [0.5, 0.6) is 0 Å². The summed E-state index contributed by atoms with van der Waals surface area (Å²) in [4.78, 5) is 7.01. The molecule has 0 spiro atoms. The highest BCUT2D eigenvalue weighted by Crippen LogP contribution is 2.27. The minimum Gasteiger partial charge on any atom is -0.356 e. The van der Waals surface area contributed by atoms with Gasteiger partial charge in [-0.05, 0) is 42.4 Å². The Labute approximate surface area is 109 Å². The van der Waals surface area contributed by atoms with Crippen LogP contribution in [0.3, 0.4) is 0 Å². The Hall–Kier alpha value is -0.760. The topological polar surface area (TPSA) is 16.1 Å². The number of alkyl halides is 1. The van der Waals surface area contributed by atoms with Gasteiger partial charge in [0.05, 0.1) is 0 Å². The number of rotatable bonds is 2. The summed E-state index contributed by atoms with van der Waals surface area (Å²) in [5.41, 5.74) is 2.34. The van der Waals surface area contributed by atoms with Gasteiger partial charge in [-0.25, -0.2) is 4.98 Å². The summed E-state index contributed by atoms with van der Waals surface area (Å²) in [6.07, 6.45) is 3.23. The van der Waals surface area contributed by atoms with E-state index >= 15 is 0 Å². The van der Waals surface area contributed by atoms with Crippen molar-refractivity contribution in [1.82, 2.24) is 4.98 Å². The molecular formula is C14H21ClN2. The van der Waals surface area contributed by atoms with Crippen molar-refractivity contribution in [2.24, 2.45) is 11.8 Å². The first-order valence-electron chi connectivity index (χ1n) is 6.36. The van der Waals surface area contributed by atoms with Gasteiger partial charge in [-0.3, -0.25) is 0 Å². The second-order valence-corrected chi connectivity index (χ2v) is 5.74. The van der Waals surface area contributed by atoms with E-state index in [1.165, 1.54) is 12.0 Å². The van der Waals surface area contributed by atoms with Crippen LogP contribution in [0.1, 0.15) is 31.4 Å². The molecule has 0 aliphatic carbocycles. The van der Waals surface area contributed by atoms with Crippen molar-refractivity contribution in [3.63, 3.8) is 0 Å². The predicted molar refractivity (Wildman–Crippen MR) is 73.7 cm³/mol. The summed E-state index contributed by atoms with van der Waals surface area (Å²) in [7, 11) is 0. The van der Waals surface area contributed by atoms with E-state index in [2.05, 4.69) is 36.7 Å². The number of halogens is 1. The molecule has 3 heteroatoms. The maximum Gasteiger partial charge on any atom is 0.131 e. The molecule has 0 saturated carbocycles. The first kappa shape index (κ1) is 12.7. The zero-order valence-corrected chi connectivity index (χ0v) is 11.7. The van der Waals surface area contributed by atoms with Gasteiger partial charge in [0.15, 0.2) is 0 Å². The molecule has 2 atom stereocenters. The molecule has 2 unspecified atom stereocenters. The number of pyridine rings is 1. The molecular weight excluding hydrogens is 232 g/mol. The molecule has 1 aliphatic rings. The van der Waals surface area contributed by atoms with Crippen LogP contribution in [0.25, 0.3) is 0 Å². The van der Waals surface area contributed by atoms with E-state index in [-0.39, 0.29) is 0 Å². The van der Waals surface area contributed by atoms with Gasteiger partial charge in [0, 0.05) is 25.2 Å². The van der Waals surface area contributed by atoms with Crippen molar-refractivity contribution >= 4 is 17.4 Å². The van der Waals surface area contributed by atoms with Crippen molar-refractivity contribution in [2.45, 2.75) is 33.1 Å². The van der Waals surface area contributed by atoms with Crippen LogP contribution < -0.4 is 4.90 Å². The van der Waals surface area contributed by atoms with Crippen molar-refractivity contribution in [3.8, 4) is 0 Å². The van der Waals surface area contributed by atoms with Crippen LogP contribution in [0.15, 0.2) is 12.3 Å². The van der Waals surface area contributed by atoms with Gasteiger partial charge in [-0.15, -0.1) is 11.6 Å². The Morgan fingerprint density at radius 1 is 1.35 bits per heavy atom. The zero-order valence-electron chi connectivity index (χ0n) is 10.9. The molecule has 2 rings (SSSR count). The number of piperidine rings is 1. The lowest BCUT2D eigenvalue weighted by molar-refractivity contribution is 0.355. The number of hydrogen-bond donors (Lipinski definition) is 0. The quantitative estimate of drug-likeness (QED) is 0.748. The lowest BCUT2D eigenvalue weighted by atomic mass is 9.91. The van der Waals surface area contributed by atoms with Crippen LogP contribution in [-0.4, -0.2) is 18.1 Å². The van der Waals surface area contributed by atoms with E-state index in [1.54, 1.807) is 0 Å². The number of aryl methyl sites for hydroxylation is 1. The monoisotopic (exact) mass is 252 g/mol. The number of nitrogens with zero attached hydrogens (tertiary/aromatic N) is 2. The van der Waals surface area contributed by atoms with E-state index in [0.717, 1.165) is 36.3 Å². The van der Waals surface area contributed by atoms with Gasteiger partial charge in [0.1, 0.15) is 5.82 Å². The fourth-order valence-corrected chi connectivity index (χ4v) is 3.01. The van der Waals surface area contributed by atoms with Crippen LogP contribution in [0.2, 0.25) is 0 Å². The normalized spacial score (nSPS) is 25.1. The Kier molecular flexibility index (Phi) is 3.93. The van der Waals surface area contributed by atoms with E-state index in [9.17, 15) is 0 Å². The van der Waals surface area contributed by atoms with E-state index in [4.69, 9.17) is 11.6 Å². The molecule has 2 heterocycles. The van der Waals surface area contributed by atoms with E-state index in [0.29, 0.717) is 5.88 Å². The molecule has 2 nitrogen and oxygen atoms in total. The predicted octanol–water partition coefficient (Wildman–Crippen LogP) is 3.61. The van der Waals surface area contributed by atoms with Crippen LogP contribution >= 0.6 is 11.6 Å². The van der Waals surface area contributed by atoms with Gasteiger partial charge in [-0.2, -0.15) is 0 Å². The molecule has 1 aromatic heterocycles. The Balaban J connectivity index is 2.21. The van der Waals surface area contributed by atoms with Gasteiger partial charge in [-0.1, -0.05) is 13.8 Å². The van der Waals surface area contributed by atoms with Crippen molar-refractivity contribution in [2.75, 3.05) is 18.0 Å². The largest absolute Gasteiger partial charge is 0.356 e. The molecule has 1 aliphatic heterocycles. The van der Waals surface area contributed by atoms with Gasteiger partial charge >= 0.3 is 0 Å². The molecule has 0 bridgehead atoms. The standard InChI is InChI=1S/C14H21ClN2/c1-10-4-11(2)9-17(8-10)14-12(3)5-13(6-15)7-16-14/h5,7,10-11H,4,6,8-9H2,1-3H3. The van der Waals surface area contributed by atoms with Crippen LogP contribution in [0, 0.1) is 18.8 Å². The molecule has 94 valence electrons. The SMILES string of the molecule is Cc1cc(CCl)cnc1N1CC(C)CC(C)C1. The van der Waals surface area contributed by atoms with Crippen LogP contribution in [-0.2, 0) is 5.88 Å². The fourth-order valence-electron chi connectivity index (χ4n) is 2.87. The second kappa shape index (κ2) is 5.26. The van der Waals surface area contributed by atoms with Gasteiger partial charge in [0.2, 0.25) is 0 Å². The average molecular weight is 253 g/mol. The summed E-state index contributed by atoms with van der Waals surface area (Å²) in [5, 5.41) is 0. The maximum atomic E-state index is 5.83. The third kappa shape index (κ3) is 2.92. The number of aromatic nitrogens is 1. The molecule has 0 amide bonds. The summed E-state index contributed by atoms with van der Waals surface area (Å²) in [6.45, 7) is 9.02. The van der Waals surface area contributed by atoms with Gasteiger partial charge in [0.25, 0.3) is 0 Å². The summed E-state index contributed by atoms with van der Waals surface area (Å²) in [5.74, 6) is 3.19. The average Bonchev–Trinajstić information content (AvgIpc) is 2.27. The molecule has 0 aromatic carbocycles. The molecule has 1 aromatic rings.